The summed E-state index contributed by atoms with van der Waals surface area (Å²) in [6.07, 6.45) is 7.34. The lowest BCUT2D eigenvalue weighted by Gasteiger charge is -2.54. The largest absolute Gasteiger partial charge is 0.366 e. The fourth-order valence-corrected chi connectivity index (χ4v) is 6.89. The summed E-state index contributed by atoms with van der Waals surface area (Å²) in [7, 11) is 0. The fourth-order valence-electron chi connectivity index (χ4n) is 6.89. The normalized spacial score (nSPS) is 23.3. The molecule has 4 amide bonds. The molecular weight excluding hydrogens is 530 g/mol. The van der Waals surface area contributed by atoms with E-state index in [1.54, 1.807) is 39.0 Å². The van der Waals surface area contributed by atoms with Crippen LogP contribution in [0.5, 0.6) is 0 Å². The number of piperazine rings is 1. The van der Waals surface area contributed by atoms with Crippen molar-refractivity contribution in [2.45, 2.75) is 89.0 Å². The molecule has 2 aliphatic heterocycles. The van der Waals surface area contributed by atoms with Gasteiger partial charge in [-0.25, -0.2) is 0 Å². The predicted octanol–water partition coefficient (Wildman–Crippen LogP) is 3.20. The van der Waals surface area contributed by atoms with E-state index in [0.29, 0.717) is 37.4 Å². The average molecular weight is 574 g/mol. The lowest BCUT2D eigenvalue weighted by Crippen LogP contribution is -2.74. The van der Waals surface area contributed by atoms with Gasteiger partial charge in [0.05, 0.1) is 0 Å². The van der Waals surface area contributed by atoms with Crippen molar-refractivity contribution in [2.24, 2.45) is 17.4 Å². The molecule has 0 radical (unpaired) electrons. The summed E-state index contributed by atoms with van der Waals surface area (Å²) >= 11 is 0. The Morgan fingerprint density at radius 2 is 1.55 bits per heavy atom. The maximum absolute atomic E-state index is 14.6. The Kier molecular flexibility index (Phi) is 9.57. The topological polar surface area (TPSA) is 130 Å². The second kappa shape index (κ2) is 13.5. The van der Waals surface area contributed by atoms with Gasteiger partial charge in [0.15, 0.2) is 6.17 Å². The minimum absolute atomic E-state index is 0.0741. The first-order valence-corrected chi connectivity index (χ1v) is 15.4. The minimum Gasteiger partial charge on any atom is -0.366 e. The number of hydrogen-bond acceptors (Lipinski definition) is 5. The second-order valence-electron chi connectivity index (χ2n) is 12.0. The SMILES string of the molecule is NCCCCC1C(=O)N2C(Cc3ccccc3)CC(=O)N(Cc3ccc(C(N)=O)cc3)C2C(=O)N1CC1CCCCC1. The first-order chi connectivity index (χ1) is 20.4. The molecule has 0 aromatic heterocycles. The highest BCUT2D eigenvalue weighted by molar-refractivity contribution is 6.00. The van der Waals surface area contributed by atoms with Crippen molar-refractivity contribution in [1.82, 2.24) is 14.7 Å². The fraction of sp³-hybridized carbons (Fsp3) is 0.515. The number of fused-ring (bicyclic) bond motifs is 1. The molecule has 1 aliphatic carbocycles. The highest BCUT2D eigenvalue weighted by atomic mass is 16.2. The maximum atomic E-state index is 14.6. The van der Waals surface area contributed by atoms with Gasteiger partial charge in [0.2, 0.25) is 17.7 Å². The molecule has 3 unspecified atom stereocenters. The van der Waals surface area contributed by atoms with Crippen LogP contribution in [0.2, 0.25) is 0 Å². The van der Waals surface area contributed by atoms with E-state index in [-0.39, 0.29) is 30.7 Å². The molecule has 2 saturated heterocycles. The number of primary amides is 1. The quantitative estimate of drug-likeness (QED) is 0.399. The van der Waals surface area contributed by atoms with Gasteiger partial charge in [-0.15, -0.1) is 0 Å². The van der Waals surface area contributed by atoms with Crippen molar-refractivity contribution in [3.05, 3.63) is 71.3 Å². The lowest BCUT2D eigenvalue weighted by atomic mass is 9.87. The molecule has 2 aromatic carbocycles. The van der Waals surface area contributed by atoms with E-state index in [4.69, 9.17) is 11.5 Å². The van der Waals surface area contributed by atoms with Crippen LogP contribution in [0.4, 0.5) is 0 Å². The van der Waals surface area contributed by atoms with Crippen LogP contribution in [0, 0.1) is 5.92 Å². The second-order valence-corrected chi connectivity index (χ2v) is 12.0. The van der Waals surface area contributed by atoms with Gasteiger partial charge < -0.3 is 26.2 Å². The minimum atomic E-state index is -1.00. The zero-order valence-corrected chi connectivity index (χ0v) is 24.3. The van der Waals surface area contributed by atoms with Crippen LogP contribution in [-0.2, 0) is 27.3 Å². The Hall–Kier alpha value is -3.72. The summed E-state index contributed by atoms with van der Waals surface area (Å²) in [6, 6.07) is 15.6. The number of unbranched alkanes of at least 4 members (excludes halogenated alkanes) is 1. The van der Waals surface area contributed by atoms with Crippen LogP contribution >= 0.6 is 0 Å². The molecule has 0 bridgehead atoms. The smallest absolute Gasteiger partial charge is 0.267 e. The number of rotatable bonds is 11. The molecule has 3 aliphatic rings. The summed E-state index contributed by atoms with van der Waals surface area (Å²) in [4.78, 5) is 59.5. The van der Waals surface area contributed by atoms with Gasteiger partial charge in [0, 0.05) is 31.1 Å². The summed E-state index contributed by atoms with van der Waals surface area (Å²) < 4.78 is 0. The van der Waals surface area contributed by atoms with E-state index in [0.717, 1.165) is 49.7 Å². The highest BCUT2D eigenvalue weighted by Gasteiger charge is 2.54. The van der Waals surface area contributed by atoms with Crippen molar-refractivity contribution in [3.63, 3.8) is 0 Å². The lowest BCUT2D eigenvalue weighted by molar-refractivity contribution is -0.185. The van der Waals surface area contributed by atoms with Crippen molar-refractivity contribution in [2.75, 3.05) is 13.1 Å². The standard InChI is InChI=1S/C33H43N5O4/c34-18-8-7-13-28-32(41)38-27(19-23-9-3-1-4-10-23)20-29(39)37(22-25-14-16-26(17-15-25)30(35)40)31(38)33(42)36(28)21-24-11-5-2-6-12-24/h1,3-4,9-10,14-17,24,27-28,31H,2,5-8,11-13,18-22,34H2,(H2,35,40). The number of nitrogens with zero attached hydrogens (tertiary/aromatic N) is 3. The van der Waals surface area contributed by atoms with Crippen LogP contribution < -0.4 is 11.5 Å². The van der Waals surface area contributed by atoms with E-state index >= 15 is 0 Å². The molecule has 9 heteroatoms. The van der Waals surface area contributed by atoms with Gasteiger partial charge in [-0.1, -0.05) is 61.7 Å². The Balaban J connectivity index is 1.50. The van der Waals surface area contributed by atoms with E-state index in [9.17, 15) is 19.2 Å². The van der Waals surface area contributed by atoms with Crippen LogP contribution in [0.3, 0.4) is 0 Å². The molecule has 4 N–H and O–H groups in total. The molecule has 0 spiro atoms. The number of hydrogen-bond donors (Lipinski definition) is 2. The van der Waals surface area contributed by atoms with E-state index in [1.807, 2.05) is 30.3 Å². The number of carbonyl (C=O) groups is 4. The number of carbonyl (C=O) groups excluding carboxylic acids is 4. The molecule has 3 fully saturated rings. The zero-order chi connectivity index (χ0) is 29.6. The molecule has 2 heterocycles. The third-order valence-electron chi connectivity index (χ3n) is 9.12. The van der Waals surface area contributed by atoms with Gasteiger partial charge in [0.1, 0.15) is 6.04 Å². The molecule has 224 valence electrons. The number of benzene rings is 2. The van der Waals surface area contributed by atoms with Gasteiger partial charge >= 0.3 is 0 Å². The van der Waals surface area contributed by atoms with E-state index < -0.39 is 24.2 Å². The predicted molar refractivity (Wildman–Crippen MR) is 160 cm³/mol. The molecule has 42 heavy (non-hydrogen) atoms. The summed E-state index contributed by atoms with van der Waals surface area (Å²) in [5.74, 6) is -0.574. The summed E-state index contributed by atoms with van der Waals surface area (Å²) in [6.45, 7) is 1.24. The Morgan fingerprint density at radius 1 is 0.833 bits per heavy atom. The molecule has 9 nitrogen and oxygen atoms in total. The Bertz CT molecular complexity index is 1260. The molecule has 5 rings (SSSR count). The van der Waals surface area contributed by atoms with Crippen molar-refractivity contribution < 1.29 is 19.2 Å². The van der Waals surface area contributed by atoms with Crippen molar-refractivity contribution in [3.8, 4) is 0 Å². The third kappa shape index (κ3) is 6.51. The van der Waals surface area contributed by atoms with Crippen LogP contribution in [0.1, 0.15) is 79.3 Å². The zero-order valence-electron chi connectivity index (χ0n) is 24.3. The highest BCUT2D eigenvalue weighted by Crippen LogP contribution is 2.35. The average Bonchev–Trinajstić information content (AvgIpc) is 2.99. The first-order valence-electron chi connectivity index (χ1n) is 15.4. The van der Waals surface area contributed by atoms with Gasteiger partial charge in [0.25, 0.3) is 5.91 Å². The van der Waals surface area contributed by atoms with E-state index in [1.165, 1.54) is 6.42 Å². The summed E-state index contributed by atoms with van der Waals surface area (Å²) in [5, 5.41) is 0. The number of nitrogens with two attached hydrogens (primary N) is 2. The molecular formula is C33H43N5O4. The Labute approximate surface area is 248 Å². The van der Waals surface area contributed by atoms with Gasteiger partial charge in [-0.05, 0) is 74.2 Å². The van der Waals surface area contributed by atoms with Crippen molar-refractivity contribution >= 4 is 23.6 Å². The van der Waals surface area contributed by atoms with Gasteiger partial charge in [-0.3, -0.25) is 19.2 Å². The van der Waals surface area contributed by atoms with Crippen LogP contribution in [-0.4, -0.2) is 69.7 Å². The Morgan fingerprint density at radius 3 is 2.21 bits per heavy atom. The summed E-state index contributed by atoms with van der Waals surface area (Å²) in [5.41, 5.74) is 13.4. The molecule has 3 atom stereocenters. The number of amides is 4. The first kappa shape index (κ1) is 29.8. The maximum Gasteiger partial charge on any atom is 0.267 e. The van der Waals surface area contributed by atoms with Crippen LogP contribution in [0.15, 0.2) is 54.6 Å². The third-order valence-corrected chi connectivity index (χ3v) is 9.12. The van der Waals surface area contributed by atoms with Crippen molar-refractivity contribution in [1.29, 1.82) is 0 Å². The molecule has 2 aromatic rings. The van der Waals surface area contributed by atoms with Crippen LogP contribution in [0.25, 0.3) is 0 Å². The monoisotopic (exact) mass is 573 g/mol. The van der Waals surface area contributed by atoms with E-state index in [2.05, 4.69) is 0 Å². The van der Waals surface area contributed by atoms with Gasteiger partial charge in [-0.2, -0.15) is 0 Å². The molecule has 1 saturated carbocycles.